The van der Waals surface area contributed by atoms with Crippen molar-refractivity contribution in [2.45, 2.75) is 31.3 Å². The predicted octanol–water partition coefficient (Wildman–Crippen LogP) is 1.22. The van der Waals surface area contributed by atoms with Crippen molar-refractivity contribution in [3.05, 3.63) is 41.5 Å². The molecular weight excluding hydrogens is 292 g/mol. The molecule has 2 rings (SSSR count). The molecule has 0 bridgehead atoms. The largest absolute Gasteiger partial charge is 0.338 e. The molecule has 0 radical (unpaired) electrons. The third-order valence-corrected chi connectivity index (χ3v) is 4.24. The van der Waals surface area contributed by atoms with E-state index in [1.807, 2.05) is 18.9 Å². The highest BCUT2D eigenvalue weighted by Gasteiger charge is 2.16. The Hall–Kier alpha value is -1.77. The van der Waals surface area contributed by atoms with Crippen LogP contribution in [-0.4, -0.2) is 30.5 Å². The molecule has 0 aliphatic carbocycles. The van der Waals surface area contributed by atoms with Crippen molar-refractivity contribution in [3.63, 3.8) is 0 Å². The summed E-state index contributed by atoms with van der Waals surface area (Å²) < 4.78 is 27.5. The Labute approximate surface area is 123 Å². The Morgan fingerprint density at radius 3 is 2.43 bits per heavy atom. The van der Waals surface area contributed by atoms with Crippen LogP contribution in [0.3, 0.4) is 0 Å². The van der Waals surface area contributed by atoms with Crippen LogP contribution in [0.15, 0.2) is 33.7 Å². The number of hydrogen-bond donors (Lipinski definition) is 1. The molecule has 2 aromatic rings. The second-order valence-electron chi connectivity index (χ2n) is 4.94. The molecule has 2 N–H and O–H groups in total. The van der Waals surface area contributed by atoms with Crippen LogP contribution in [0, 0.1) is 6.92 Å². The van der Waals surface area contributed by atoms with Gasteiger partial charge in [0.25, 0.3) is 0 Å². The number of aryl methyl sites for hydroxylation is 1. The molecule has 7 nitrogen and oxygen atoms in total. The van der Waals surface area contributed by atoms with Crippen LogP contribution >= 0.6 is 0 Å². The molecule has 1 aromatic carbocycles. The van der Waals surface area contributed by atoms with Crippen LogP contribution in [0.4, 0.5) is 0 Å². The Morgan fingerprint density at radius 1 is 1.33 bits per heavy atom. The standard InChI is InChI=1S/C13H18N4O3S/c1-9(17(3)8-13-15-10(2)16-20-13)11-4-6-12(7-5-11)21(14,18)19/h4-7,9H,8H2,1-3H3,(H2,14,18,19). The third kappa shape index (κ3) is 3.87. The summed E-state index contributed by atoms with van der Waals surface area (Å²) in [5.74, 6) is 1.14. The zero-order valence-electron chi connectivity index (χ0n) is 12.1. The molecule has 0 spiro atoms. The van der Waals surface area contributed by atoms with Crippen LogP contribution in [0.25, 0.3) is 0 Å². The number of rotatable bonds is 5. The minimum absolute atomic E-state index is 0.0618. The van der Waals surface area contributed by atoms with Gasteiger partial charge in [0.1, 0.15) is 0 Å². The van der Waals surface area contributed by atoms with Crippen molar-refractivity contribution >= 4 is 10.0 Å². The van der Waals surface area contributed by atoms with E-state index >= 15 is 0 Å². The van der Waals surface area contributed by atoms with Crippen molar-refractivity contribution < 1.29 is 12.9 Å². The second-order valence-corrected chi connectivity index (χ2v) is 6.50. The highest BCUT2D eigenvalue weighted by molar-refractivity contribution is 7.89. The quantitative estimate of drug-likeness (QED) is 0.890. The van der Waals surface area contributed by atoms with Crippen LogP contribution in [-0.2, 0) is 16.6 Å². The lowest BCUT2D eigenvalue weighted by Gasteiger charge is -2.23. The van der Waals surface area contributed by atoms with Gasteiger partial charge in [-0.2, -0.15) is 4.98 Å². The van der Waals surface area contributed by atoms with Gasteiger partial charge < -0.3 is 4.52 Å². The van der Waals surface area contributed by atoms with Crippen molar-refractivity contribution in [3.8, 4) is 0 Å². The van der Waals surface area contributed by atoms with Gasteiger partial charge in [-0.1, -0.05) is 17.3 Å². The number of primary sulfonamides is 1. The maximum atomic E-state index is 11.2. The number of hydrogen-bond acceptors (Lipinski definition) is 6. The van der Waals surface area contributed by atoms with Crippen molar-refractivity contribution in [2.75, 3.05) is 7.05 Å². The third-order valence-electron chi connectivity index (χ3n) is 3.31. The summed E-state index contributed by atoms with van der Waals surface area (Å²) in [6.45, 7) is 4.29. The van der Waals surface area contributed by atoms with Gasteiger partial charge in [-0.25, -0.2) is 13.6 Å². The van der Waals surface area contributed by atoms with Crippen molar-refractivity contribution in [1.29, 1.82) is 0 Å². The zero-order valence-corrected chi connectivity index (χ0v) is 13.0. The van der Waals surface area contributed by atoms with Gasteiger partial charge in [-0.05, 0) is 38.6 Å². The monoisotopic (exact) mass is 310 g/mol. The maximum absolute atomic E-state index is 11.2. The number of nitrogens with two attached hydrogens (primary N) is 1. The Kier molecular flexibility index (Phi) is 4.40. The van der Waals surface area contributed by atoms with Crippen LogP contribution in [0.1, 0.15) is 30.2 Å². The summed E-state index contributed by atoms with van der Waals surface area (Å²) in [7, 11) is -1.73. The average Bonchev–Trinajstić information content (AvgIpc) is 2.82. The van der Waals surface area contributed by atoms with Gasteiger partial charge in [0.15, 0.2) is 5.82 Å². The predicted molar refractivity (Wildman–Crippen MR) is 76.7 cm³/mol. The van der Waals surface area contributed by atoms with Gasteiger partial charge in [0, 0.05) is 6.04 Å². The molecule has 1 heterocycles. The normalized spacial score (nSPS) is 13.6. The van der Waals surface area contributed by atoms with Crippen LogP contribution in [0.2, 0.25) is 0 Å². The van der Waals surface area contributed by atoms with E-state index in [-0.39, 0.29) is 10.9 Å². The summed E-state index contributed by atoms with van der Waals surface area (Å²) in [6, 6.07) is 6.57. The zero-order chi connectivity index (χ0) is 15.6. The fraction of sp³-hybridized carbons (Fsp3) is 0.385. The number of sulfonamides is 1. The first-order valence-electron chi connectivity index (χ1n) is 6.39. The van der Waals surface area contributed by atoms with Gasteiger partial charge in [0.2, 0.25) is 15.9 Å². The minimum atomic E-state index is -3.66. The molecule has 0 aliphatic heterocycles. The molecule has 8 heteroatoms. The fourth-order valence-electron chi connectivity index (χ4n) is 1.95. The van der Waals surface area contributed by atoms with Crippen LogP contribution < -0.4 is 5.14 Å². The molecule has 114 valence electrons. The summed E-state index contributed by atoms with van der Waals surface area (Å²) in [5.41, 5.74) is 0.973. The molecular formula is C13H18N4O3S. The van der Waals surface area contributed by atoms with E-state index in [0.717, 1.165) is 5.56 Å². The molecule has 21 heavy (non-hydrogen) atoms. The Morgan fingerprint density at radius 2 is 1.95 bits per heavy atom. The molecule has 1 unspecified atom stereocenters. The molecule has 0 fully saturated rings. The van der Waals surface area contributed by atoms with Crippen LogP contribution in [0.5, 0.6) is 0 Å². The second kappa shape index (κ2) is 5.92. The number of nitrogens with zero attached hydrogens (tertiary/aromatic N) is 3. The van der Waals surface area contributed by atoms with Gasteiger partial charge in [-0.3, -0.25) is 4.90 Å². The molecule has 1 aromatic heterocycles. The molecule has 0 saturated heterocycles. The van der Waals surface area contributed by atoms with E-state index in [1.54, 1.807) is 19.1 Å². The molecule has 0 aliphatic rings. The molecule has 0 saturated carbocycles. The van der Waals surface area contributed by atoms with Gasteiger partial charge in [-0.15, -0.1) is 0 Å². The minimum Gasteiger partial charge on any atom is -0.338 e. The SMILES string of the molecule is Cc1noc(CN(C)C(C)c2ccc(S(N)(=O)=O)cc2)n1. The van der Waals surface area contributed by atoms with Gasteiger partial charge >= 0.3 is 0 Å². The summed E-state index contributed by atoms with van der Waals surface area (Å²) >= 11 is 0. The van der Waals surface area contributed by atoms with Crippen molar-refractivity contribution in [1.82, 2.24) is 15.0 Å². The lowest BCUT2D eigenvalue weighted by atomic mass is 10.1. The lowest BCUT2D eigenvalue weighted by Crippen LogP contribution is -2.22. The Balaban J connectivity index is 2.10. The Bertz CT molecular complexity index is 709. The lowest BCUT2D eigenvalue weighted by molar-refractivity contribution is 0.216. The van der Waals surface area contributed by atoms with Crippen molar-refractivity contribution in [2.24, 2.45) is 5.14 Å². The summed E-state index contributed by atoms with van der Waals surface area (Å²) in [6.07, 6.45) is 0. The van der Waals surface area contributed by atoms with Gasteiger partial charge in [0.05, 0.1) is 11.4 Å². The first kappa shape index (κ1) is 15.6. The highest BCUT2D eigenvalue weighted by atomic mass is 32.2. The van der Waals surface area contributed by atoms with E-state index < -0.39 is 10.0 Å². The first-order chi connectivity index (χ1) is 9.77. The first-order valence-corrected chi connectivity index (χ1v) is 7.94. The van der Waals surface area contributed by atoms with E-state index in [1.165, 1.54) is 12.1 Å². The summed E-state index contributed by atoms with van der Waals surface area (Å²) in [4.78, 5) is 6.29. The molecule has 0 amide bonds. The smallest absolute Gasteiger partial charge is 0.240 e. The van der Waals surface area contributed by atoms with E-state index in [4.69, 9.17) is 9.66 Å². The highest BCUT2D eigenvalue weighted by Crippen LogP contribution is 2.21. The topological polar surface area (TPSA) is 102 Å². The number of aromatic nitrogens is 2. The van der Waals surface area contributed by atoms with E-state index in [2.05, 4.69) is 10.1 Å². The fourth-order valence-corrected chi connectivity index (χ4v) is 2.46. The molecule has 1 atom stereocenters. The summed E-state index contributed by atoms with van der Waals surface area (Å²) in [5, 5.41) is 8.83. The number of benzene rings is 1. The van der Waals surface area contributed by atoms with E-state index in [0.29, 0.717) is 18.3 Å². The average molecular weight is 310 g/mol. The van der Waals surface area contributed by atoms with E-state index in [9.17, 15) is 8.42 Å². The maximum Gasteiger partial charge on any atom is 0.240 e.